The number of carbonyl (C=O) groups excluding carboxylic acids is 19. The summed E-state index contributed by atoms with van der Waals surface area (Å²) >= 11 is 0. The number of carboxylic acids is 5. The predicted octanol–water partition coefficient (Wildman–Crippen LogP) is -19.3. The highest BCUT2D eigenvalue weighted by atomic mass is 16.4. The van der Waals surface area contributed by atoms with E-state index in [0.29, 0.717) is 5.56 Å². The lowest BCUT2D eigenvalue weighted by atomic mass is 10.0. The second kappa shape index (κ2) is 46.6. The number of carboxylic acid groups (broad SMARTS) is 5. The minimum atomic E-state index is -2.07. The second-order valence-corrected chi connectivity index (χ2v) is 23.8. The van der Waals surface area contributed by atoms with Gasteiger partial charge in [0, 0.05) is 43.1 Å². The molecule has 23 N–H and O–H groups in total. The normalized spacial score (nSPS) is 13.7. The second-order valence-electron chi connectivity index (χ2n) is 23.8. The maximum absolute atomic E-state index is 14.2. The Kier molecular flexibility index (Phi) is 40.5. The highest BCUT2D eigenvalue weighted by molar-refractivity contribution is 5.99. The van der Waals surface area contributed by atoms with Crippen LogP contribution in [-0.4, -0.2) is 230 Å². The van der Waals surface area contributed by atoms with Crippen LogP contribution in [0, 0.1) is 11.8 Å². The molecule has 0 spiro atoms. The first kappa shape index (κ1) is 89.4. The average molecular weight is 1460 g/mol. The van der Waals surface area contributed by atoms with Crippen molar-refractivity contribution in [1.29, 1.82) is 0 Å². The van der Waals surface area contributed by atoms with Gasteiger partial charge in [-0.1, -0.05) is 58.0 Å². The SMILES string of the molecule is CC(C)C[C@H](NC(=O)[C@H](Cc1ccccc1)NC(=O)[C@H](CC(=O)[O-])NC(=O)CNC(=O)[C@H](CCC(=O)[O-])NC(=O)CNC(=O)[C@H](CO)NC(=O)[C@@H]([NH3+])CC(=O)[O-])C(=O)N[C@@H](C)C(=O)N[C@@H](CCC(=O)[O-])C(=O)NCC(=O)NCC(=O)NCC(=O)N[C@H](C(=O)N[C@@H](CCC[NH+]=C(N)N)C(=O)[O-])C(C)C. The molecule has 0 unspecified atom stereocenters. The molecule has 10 atom stereocenters. The number of nitrogens with one attached hydrogen (secondary N) is 15. The number of aliphatic carboxylic acids is 5. The molecular weight excluding hydrogens is 1370 g/mol. The Morgan fingerprint density at radius 1 is 0.437 bits per heavy atom. The van der Waals surface area contributed by atoms with Crippen molar-refractivity contribution in [2.45, 2.75) is 159 Å². The number of aliphatic hydroxyl groups excluding tert-OH is 1. The van der Waals surface area contributed by atoms with Gasteiger partial charge >= 0.3 is 5.96 Å². The Labute approximate surface area is 588 Å². The van der Waals surface area contributed by atoms with Crippen molar-refractivity contribution >= 4 is 119 Å². The minimum Gasteiger partial charge on any atom is -0.550 e. The first-order chi connectivity index (χ1) is 48.2. The van der Waals surface area contributed by atoms with E-state index in [1.165, 1.54) is 12.1 Å². The van der Waals surface area contributed by atoms with E-state index in [1.54, 1.807) is 45.9 Å². The molecule has 14 amide bonds. The Morgan fingerprint density at radius 2 is 0.864 bits per heavy atom. The monoisotopic (exact) mass is 1460 g/mol. The van der Waals surface area contributed by atoms with Gasteiger partial charge in [0.1, 0.15) is 48.3 Å². The van der Waals surface area contributed by atoms with Crippen molar-refractivity contribution in [3.05, 3.63) is 35.9 Å². The summed E-state index contributed by atoms with van der Waals surface area (Å²) in [7, 11) is 0. The number of quaternary nitrogens is 1. The lowest BCUT2D eigenvalue weighted by Crippen LogP contribution is -2.78. The molecule has 1 aromatic carbocycles. The standard InChI is InChI=1S/C60H92N18O25/c1-28(2)18-36(55(98)70-30(5)50(93)73-34(14-16-46(87)88)53(96)67-23-41(81)65-22-40(80)66-24-44(84)78-49(29(3)4)58(101)74-35(59(102)103)12-9-17-64-60(62)63)75-56(99)37(19-31-10-7-6-8-11-31)76-57(100)38(21-48(91)92)72-43(83)26-68-52(95)33(13-15-45(85)86)71-42(82)25-69-54(97)39(27-79)77-51(94)32(61)20-47(89)90/h6-8,10-11,28-30,32-39,49,79H,9,12-27,61H2,1-5H3,(H,65,81)(H,66,80)(H,67,96)(H,68,95)(H,69,97)(H,70,98)(H,71,82)(H,72,83)(H,73,93)(H,74,101)(H,75,99)(H,76,100)(H,77,94)(H,78,84)(H,85,86)(H,87,88)(H,89,90)(H,91,92)(H,102,103)(H4,62,63,64)/p-3/t30-,32-,33-,34-,35-,36-,37-,38-,39-,49-/m0/s1. The van der Waals surface area contributed by atoms with Gasteiger partial charge in [0.25, 0.3) is 5.91 Å². The van der Waals surface area contributed by atoms with E-state index in [9.17, 15) is 122 Å². The molecular formula is C60H89N18O25-3. The van der Waals surface area contributed by atoms with E-state index in [-0.39, 0.29) is 38.2 Å². The molecule has 0 aliphatic heterocycles. The lowest BCUT2D eigenvalue weighted by molar-refractivity contribution is -0.459. The molecule has 0 saturated carbocycles. The zero-order chi connectivity index (χ0) is 78.2. The predicted molar refractivity (Wildman–Crippen MR) is 337 cm³/mol. The molecule has 0 radical (unpaired) electrons. The summed E-state index contributed by atoms with van der Waals surface area (Å²) in [6.07, 6.45) is -5.50. The Balaban J connectivity index is 3.15. The van der Waals surface area contributed by atoms with Crippen LogP contribution in [0.25, 0.3) is 0 Å². The van der Waals surface area contributed by atoms with Crippen LogP contribution in [0.2, 0.25) is 0 Å². The highest BCUT2D eigenvalue weighted by Gasteiger charge is 2.34. The fourth-order valence-corrected chi connectivity index (χ4v) is 8.85. The molecule has 43 nitrogen and oxygen atoms in total. The fraction of sp³-hybridized carbons (Fsp3) is 0.567. The summed E-state index contributed by atoms with van der Waals surface area (Å²) in [5.74, 6) is -24.9. The molecule has 0 saturated heterocycles. The topological polar surface area (TPSA) is 722 Å². The number of amides is 14. The summed E-state index contributed by atoms with van der Waals surface area (Å²) < 4.78 is 0. The first-order valence-corrected chi connectivity index (χ1v) is 31.9. The number of hydrogen-bond donors (Lipinski definition) is 19. The summed E-state index contributed by atoms with van der Waals surface area (Å²) in [5.41, 5.74) is 14.3. The lowest BCUT2D eigenvalue weighted by Gasteiger charge is -2.27. The zero-order valence-corrected chi connectivity index (χ0v) is 56.9. The molecule has 0 bridgehead atoms. The number of benzene rings is 1. The number of nitrogens with two attached hydrogens (primary N) is 2. The van der Waals surface area contributed by atoms with Crippen molar-refractivity contribution in [3.8, 4) is 0 Å². The molecule has 0 aliphatic rings. The molecule has 0 aliphatic carbocycles. The maximum atomic E-state index is 14.2. The van der Waals surface area contributed by atoms with Crippen LogP contribution in [0.1, 0.15) is 98.0 Å². The highest BCUT2D eigenvalue weighted by Crippen LogP contribution is 2.11. The van der Waals surface area contributed by atoms with Crippen molar-refractivity contribution in [3.63, 3.8) is 0 Å². The number of aliphatic hydroxyl groups is 1. The molecule has 572 valence electrons. The largest absolute Gasteiger partial charge is 0.550 e. The van der Waals surface area contributed by atoms with E-state index in [0.717, 1.165) is 6.92 Å². The van der Waals surface area contributed by atoms with Gasteiger partial charge in [0.2, 0.25) is 76.8 Å². The number of rotatable bonds is 49. The van der Waals surface area contributed by atoms with Crippen molar-refractivity contribution in [2.75, 3.05) is 45.9 Å². The molecule has 43 heteroatoms. The maximum Gasteiger partial charge on any atom is 0.338 e. The minimum absolute atomic E-state index is 0.0879. The van der Waals surface area contributed by atoms with Gasteiger partial charge in [0.05, 0.1) is 57.9 Å². The van der Waals surface area contributed by atoms with Crippen molar-refractivity contribution < 1.29 is 132 Å². The van der Waals surface area contributed by atoms with Gasteiger partial charge in [0.15, 0.2) is 6.04 Å². The summed E-state index contributed by atoms with van der Waals surface area (Å²) in [4.78, 5) is 244. The van der Waals surface area contributed by atoms with Gasteiger partial charge in [-0.2, -0.15) is 0 Å². The van der Waals surface area contributed by atoms with Gasteiger partial charge < -0.3 is 135 Å². The van der Waals surface area contributed by atoms with Gasteiger partial charge in [-0.25, -0.2) is 0 Å². The van der Waals surface area contributed by atoms with Crippen molar-refractivity contribution in [1.82, 2.24) is 74.4 Å². The summed E-state index contributed by atoms with van der Waals surface area (Å²) in [6, 6.07) is -8.48. The average Bonchev–Trinajstić information content (AvgIpc) is 0.847. The summed E-state index contributed by atoms with van der Waals surface area (Å²) in [6.45, 7) is 2.23. The van der Waals surface area contributed by atoms with Crippen LogP contribution in [-0.2, 0) is 97.5 Å². The summed E-state index contributed by atoms with van der Waals surface area (Å²) in [5, 5.41) is 97.6. The fourth-order valence-electron chi connectivity index (χ4n) is 8.85. The van der Waals surface area contributed by atoms with Crippen LogP contribution >= 0.6 is 0 Å². The molecule has 1 aromatic rings. The zero-order valence-electron chi connectivity index (χ0n) is 56.9. The number of hydrogen-bond acceptors (Lipinski definition) is 25. The molecule has 0 fully saturated rings. The van der Waals surface area contributed by atoms with E-state index in [1.807, 2.05) is 16.0 Å². The van der Waals surface area contributed by atoms with Gasteiger partial charge in [-0.05, 0) is 69.3 Å². The van der Waals surface area contributed by atoms with Gasteiger partial charge in [-0.3, -0.25) is 83.6 Å². The third-order valence-electron chi connectivity index (χ3n) is 14.2. The van der Waals surface area contributed by atoms with Gasteiger partial charge in [-0.15, -0.1) is 0 Å². The van der Waals surface area contributed by atoms with Crippen LogP contribution in [0.3, 0.4) is 0 Å². The van der Waals surface area contributed by atoms with Crippen molar-refractivity contribution in [2.24, 2.45) is 23.3 Å². The number of carbonyl (C=O) groups is 19. The Morgan fingerprint density at radius 3 is 1.35 bits per heavy atom. The quantitative estimate of drug-likeness (QED) is 0.0164. The van der Waals surface area contributed by atoms with E-state index < -0.39 is 263 Å². The molecule has 0 heterocycles. The van der Waals surface area contributed by atoms with E-state index in [4.69, 9.17) is 11.5 Å². The molecule has 1 rings (SSSR count). The molecule has 0 aromatic heterocycles. The third-order valence-corrected chi connectivity index (χ3v) is 14.2. The Bertz CT molecular complexity index is 3220. The third kappa shape index (κ3) is 37.9. The van der Waals surface area contributed by atoms with Crippen LogP contribution in [0.15, 0.2) is 30.3 Å². The van der Waals surface area contributed by atoms with E-state index >= 15 is 0 Å². The smallest absolute Gasteiger partial charge is 0.338 e. The van der Waals surface area contributed by atoms with Crippen LogP contribution in [0.5, 0.6) is 0 Å². The Hall–Kier alpha value is -11.7. The number of guanidine groups is 1. The molecule has 103 heavy (non-hydrogen) atoms. The first-order valence-electron chi connectivity index (χ1n) is 31.9. The van der Waals surface area contributed by atoms with Crippen LogP contribution in [0.4, 0.5) is 0 Å². The van der Waals surface area contributed by atoms with Crippen LogP contribution < -0.4 is 122 Å². The van der Waals surface area contributed by atoms with E-state index in [2.05, 4.69) is 69.2 Å².